The number of thioether (sulfide) groups is 1. The highest BCUT2D eigenvalue weighted by atomic mass is 32.2. The van der Waals surface area contributed by atoms with Crippen LogP contribution >= 0.6 is 23.1 Å². The number of carbonyl (C=O) groups is 4. The lowest BCUT2D eigenvalue weighted by Crippen LogP contribution is -2.36. The molecule has 0 saturated carbocycles. The number of aryl methyl sites for hydroxylation is 1. The zero-order valence-electron chi connectivity index (χ0n) is 20.8. The van der Waals surface area contributed by atoms with Crippen LogP contribution in [-0.4, -0.2) is 64.2 Å². The summed E-state index contributed by atoms with van der Waals surface area (Å²) in [5.74, 6) is -3.90. The van der Waals surface area contributed by atoms with Gasteiger partial charge in [-0.2, -0.15) is 0 Å². The Morgan fingerprint density at radius 2 is 1.87 bits per heavy atom. The number of carbonyl (C=O) groups excluding carboxylic acids is 3. The van der Waals surface area contributed by atoms with Crippen LogP contribution in [0.2, 0.25) is 0 Å². The third kappa shape index (κ3) is 5.02. The Morgan fingerprint density at radius 3 is 2.59 bits per heavy atom. The first-order valence-corrected chi connectivity index (χ1v) is 13.5. The Hall–Kier alpha value is -4.10. The number of hydrogen-bond acceptors (Lipinski definition) is 9. The van der Waals surface area contributed by atoms with Crippen LogP contribution in [0.5, 0.6) is 11.5 Å². The number of rotatable bonds is 8. The number of amides is 3. The van der Waals surface area contributed by atoms with Crippen LogP contribution in [0.4, 0.5) is 5.69 Å². The van der Waals surface area contributed by atoms with E-state index < -0.39 is 41.4 Å². The minimum atomic E-state index is -1.30. The number of carboxylic acid groups (broad SMARTS) is 1. The maximum atomic E-state index is 13.3. The average molecular weight is 570 g/mol. The second-order valence-electron chi connectivity index (χ2n) is 8.97. The van der Waals surface area contributed by atoms with Crippen LogP contribution in [0.25, 0.3) is 0 Å². The van der Waals surface area contributed by atoms with Gasteiger partial charge in [0.2, 0.25) is 11.8 Å². The SMILES string of the molecule is COc1cc([C@H]2c3sc(=O)[nH]c3SC3C(=O)N(CC(=O)O)C(=O)C32)ccc1OCC(=O)Nc1ccccc1C. The molecule has 2 aliphatic heterocycles. The van der Waals surface area contributed by atoms with Gasteiger partial charge in [0, 0.05) is 16.5 Å². The molecule has 3 aromatic rings. The Kier molecular flexibility index (Phi) is 7.19. The summed E-state index contributed by atoms with van der Waals surface area (Å²) in [5, 5.41) is 11.6. The number of fused-ring (bicyclic) bond motifs is 2. The molecule has 1 fully saturated rings. The molecule has 2 aliphatic rings. The van der Waals surface area contributed by atoms with E-state index >= 15 is 0 Å². The molecule has 0 spiro atoms. The van der Waals surface area contributed by atoms with Gasteiger partial charge in [0.15, 0.2) is 18.1 Å². The van der Waals surface area contributed by atoms with E-state index in [2.05, 4.69) is 10.3 Å². The number of anilines is 1. The second-order valence-corrected chi connectivity index (χ2v) is 11.1. The molecule has 0 radical (unpaired) electrons. The number of aromatic amines is 1. The molecule has 202 valence electrons. The van der Waals surface area contributed by atoms with E-state index in [4.69, 9.17) is 9.47 Å². The van der Waals surface area contributed by atoms with Gasteiger partial charge in [0.25, 0.3) is 5.91 Å². The number of nitrogens with one attached hydrogen (secondary N) is 2. The van der Waals surface area contributed by atoms with Gasteiger partial charge in [-0.3, -0.25) is 28.9 Å². The monoisotopic (exact) mass is 569 g/mol. The Labute approximate surface area is 230 Å². The Bertz CT molecular complexity index is 1550. The van der Waals surface area contributed by atoms with E-state index in [0.29, 0.717) is 21.2 Å². The minimum Gasteiger partial charge on any atom is -0.493 e. The smallest absolute Gasteiger partial charge is 0.323 e. The number of likely N-dealkylation sites (tertiary alicyclic amines) is 1. The van der Waals surface area contributed by atoms with Gasteiger partial charge in [-0.25, -0.2) is 0 Å². The van der Waals surface area contributed by atoms with Gasteiger partial charge in [-0.1, -0.05) is 47.4 Å². The van der Waals surface area contributed by atoms with E-state index in [-0.39, 0.29) is 28.9 Å². The number of hydrogen-bond donors (Lipinski definition) is 3. The molecule has 3 N–H and O–H groups in total. The lowest BCUT2D eigenvalue weighted by atomic mass is 9.83. The predicted molar refractivity (Wildman–Crippen MR) is 143 cm³/mol. The minimum absolute atomic E-state index is 0.282. The van der Waals surface area contributed by atoms with Crippen LogP contribution < -0.4 is 19.7 Å². The molecule has 1 saturated heterocycles. The number of imide groups is 1. The van der Waals surface area contributed by atoms with E-state index in [0.717, 1.165) is 33.6 Å². The van der Waals surface area contributed by atoms with Gasteiger partial charge >= 0.3 is 10.8 Å². The number of ether oxygens (including phenoxy) is 2. The number of nitrogens with zero attached hydrogens (tertiary/aromatic N) is 1. The first-order valence-electron chi connectivity index (χ1n) is 11.8. The highest BCUT2D eigenvalue weighted by Crippen LogP contribution is 2.53. The number of methoxy groups -OCH3 is 1. The van der Waals surface area contributed by atoms with Gasteiger partial charge in [0.1, 0.15) is 11.8 Å². The lowest BCUT2D eigenvalue weighted by Gasteiger charge is -2.30. The number of para-hydroxylation sites is 1. The number of aromatic nitrogens is 1. The third-order valence-corrected chi connectivity index (χ3v) is 8.93. The molecule has 5 rings (SSSR count). The maximum absolute atomic E-state index is 13.3. The van der Waals surface area contributed by atoms with Gasteiger partial charge in [0.05, 0.1) is 18.1 Å². The summed E-state index contributed by atoms with van der Waals surface area (Å²) < 4.78 is 11.2. The molecule has 3 amide bonds. The van der Waals surface area contributed by atoms with Crippen molar-refractivity contribution in [2.24, 2.45) is 5.92 Å². The molecule has 39 heavy (non-hydrogen) atoms. The largest absolute Gasteiger partial charge is 0.493 e. The topological polar surface area (TPSA) is 155 Å². The summed E-state index contributed by atoms with van der Waals surface area (Å²) >= 11 is 2.00. The van der Waals surface area contributed by atoms with E-state index in [1.165, 1.54) is 7.11 Å². The summed E-state index contributed by atoms with van der Waals surface area (Å²) in [6, 6.07) is 12.3. The number of H-pyrrole nitrogens is 1. The molecule has 13 heteroatoms. The van der Waals surface area contributed by atoms with Crippen molar-refractivity contribution in [3.8, 4) is 11.5 Å². The quantitative estimate of drug-likeness (QED) is 0.347. The molecular weight excluding hydrogens is 546 g/mol. The fourth-order valence-electron chi connectivity index (χ4n) is 4.76. The molecule has 1 aromatic heterocycles. The van der Waals surface area contributed by atoms with Crippen LogP contribution in [0.3, 0.4) is 0 Å². The van der Waals surface area contributed by atoms with Crippen molar-refractivity contribution >= 4 is 52.5 Å². The molecular formula is C26H23N3O8S2. The molecule has 0 aliphatic carbocycles. The summed E-state index contributed by atoms with van der Waals surface area (Å²) in [7, 11) is 1.43. The van der Waals surface area contributed by atoms with Crippen molar-refractivity contribution in [1.82, 2.24) is 9.88 Å². The zero-order valence-corrected chi connectivity index (χ0v) is 22.4. The maximum Gasteiger partial charge on any atom is 0.323 e. The molecule has 3 heterocycles. The van der Waals surface area contributed by atoms with Crippen molar-refractivity contribution in [1.29, 1.82) is 0 Å². The number of thiazole rings is 1. The van der Waals surface area contributed by atoms with Gasteiger partial charge < -0.3 is 24.9 Å². The van der Waals surface area contributed by atoms with Crippen molar-refractivity contribution in [2.75, 3.05) is 25.6 Å². The van der Waals surface area contributed by atoms with E-state index in [9.17, 15) is 29.1 Å². The first-order chi connectivity index (χ1) is 18.7. The van der Waals surface area contributed by atoms with E-state index in [1.807, 2.05) is 25.1 Å². The van der Waals surface area contributed by atoms with Crippen LogP contribution in [0.15, 0.2) is 52.3 Å². The average Bonchev–Trinajstić information content (AvgIpc) is 3.39. The number of carboxylic acids is 1. The highest BCUT2D eigenvalue weighted by molar-refractivity contribution is 8.00. The number of benzene rings is 2. The molecule has 0 bridgehead atoms. The third-order valence-electron chi connectivity index (χ3n) is 6.53. The van der Waals surface area contributed by atoms with Crippen molar-refractivity contribution < 1.29 is 33.8 Å². The normalized spacial score (nSPS) is 19.8. The predicted octanol–water partition coefficient (Wildman–Crippen LogP) is 2.45. The fourth-order valence-corrected chi connectivity index (χ4v) is 7.30. The highest BCUT2D eigenvalue weighted by Gasteiger charge is 2.56. The molecule has 2 aromatic carbocycles. The first kappa shape index (κ1) is 26.5. The zero-order chi connectivity index (χ0) is 27.8. The van der Waals surface area contributed by atoms with Gasteiger partial charge in [-0.15, -0.1) is 0 Å². The second kappa shape index (κ2) is 10.6. The lowest BCUT2D eigenvalue weighted by molar-refractivity contribution is -0.149. The van der Waals surface area contributed by atoms with Crippen molar-refractivity contribution in [3.05, 3.63) is 68.1 Å². The summed E-state index contributed by atoms with van der Waals surface area (Å²) in [4.78, 5) is 66.0. The summed E-state index contributed by atoms with van der Waals surface area (Å²) in [5.41, 5.74) is 2.16. The molecule has 2 unspecified atom stereocenters. The Balaban J connectivity index is 1.43. The van der Waals surface area contributed by atoms with Crippen LogP contribution in [0.1, 0.15) is 21.9 Å². The summed E-state index contributed by atoms with van der Waals surface area (Å²) in [6.45, 7) is 0.862. The standard InChI is InChI=1S/C26H23N3O8S2/c1-12-5-3-4-6-14(12)27-17(30)11-37-15-8-7-13(9-16(15)36-2)19-20-22(38-23-21(19)39-26(35)28-23)25(34)29(24(20)33)10-18(31)32/h3-9,19-20,22H,10-11H2,1-2H3,(H,27,30)(H,28,35)(H,31,32)/t19-,20?,22?/m1/s1. The Morgan fingerprint density at radius 1 is 1.10 bits per heavy atom. The van der Waals surface area contributed by atoms with Crippen LogP contribution in [-0.2, 0) is 19.2 Å². The number of aliphatic carboxylic acids is 1. The molecule has 3 atom stereocenters. The summed E-state index contributed by atoms with van der Waals surface area (Å²) in [6.07, 6.45) is 0. The van der Waals surface area contributed by atoms with Crippen LogP contribution in [0, 0.1) is 12.8 Å². The molecule has 11 nitrogen and oxygen atoms in total. The van der Waals surface area contributed by atoms with Crippen molar-refractivity contribution in [3.63, 3.8) is 0 Å². The van der Waals surface area contributed by atoms with Crippen molar-refractivity contribution in [2.45, 2.75) is 23.1 Å². The van der Waals surface area contributed by atoms with E-state index in [1.54, 1.807) is 24.3 Å². The van der Waals surface area contributed by atoms with Gasteiger partial charge in [-0.05, 0) is 36.2 Å². The fraction of sp³-hybridized carbons (Fsp3) is 0.269.